The minimum Gasteiger partial charge on any atom is -0.495 e. The number of benzene rings is 2. The molecule has 0 bridgehead atoms. The van der Waals surface area contributed by atoms with Crippen LogP contribution in [0.15, 0.2) is 40.9 Å². The molecule has 4 nitrogen and oxygen atoms in total. The van der Waals surface area contributed by atoms with Crippen molar-refractivity contribution in [1.82, 2.24) is 4.90 Å². The molecule has 122 valence electrons. The van der Waals surface area contributed by atoms with Crippen LogP contribution in [0.2, 0.25) is 0 Å². The maximum absolute atomic E-state index is 12.7. The third kappa shape index (κ3) is 3.85. The quantitative estimate of drug-likeness (QED) is 0.788. The van der Waals surface area contributed by atoms with Crippen LogP contribution in [0.25, 0.3) is 0 Å². The van der Waals surface area contributed by atoms with Gasteiger partial charge in [-0.15, -0.1) is 0 Å². The molecule has 0 saturated carbocycles. The zero-order valence-corrected chi connectivity index (χ0v) is 15.3. The summed E-state index contributed by atoms with van der Waals surface area (Å²) in [7, 11) is 4.91. The molecular formula is C18H20BrNO3. The van der Waals surface area contributed by atoms with E-state index in [1.807, 2.05) is 31.2 Å². The minimum absolute atomic E-state index is 0.0858. The van der Waals surface area contributed by atoms with Crippen LogP contribution >= 0.6 is 15.9 Å². The maximum atomic E-state index is 12.7. The first-order valence-corrected chi connectivity index (χ1v) is 7.98. The van der Waals surface area contributed by atoms with Crippen molar-refractivity contribution in [3.63, 3.8) is 0 Å². The third-order valence-electron chi connectivity index (χ3n) is 3.71. The second kappa shape index (κ2) is 7.51. The van der Waals surface area contributed by atoms with Gasteiger partial charge < -0.3 is 14.4 Å². The van der Waals surface area contributed by atoms with Crippen LogP contribution < -0.4 is 9.47 Å². The molecule has 0 radical (unpaired) electrons. The van der Waals surface area contributed by atoms with Gasteiger partial charge >= 0.3 is 0 Å². The number of hydrogen-bond acceptors (Lipinski definition) is 3. The summed E-state index contributed by atoms with van der Waals surface area (Å²) in [6.45, 7) is 2.59. The lowest BCUT2D eigenvalue weighted by atomic mass is 10.1. The third-order valence-corrected chi connectivity index (χ3v) is 4.49. The summed E-state index contributed by atoms with van der Waals surface area (Å²) in [5.41, 5.74) is 2.82. The van der Waals surface area contributed by atoms with E-state index in [1.165, 1.54) is 0 Å². The molecule has 2 rings (SSSR count). The van der Waals surface area contributed by atoms with E-state index in [4.69, 9.17) is 9.47 Å². The molecule has 0 atom stereocenters. The van der Waals surface area contributed by atoms with E-state index in [0.29, 0.717) is 28.1 Å². The monoisotopic (exact) mass is 377 g/mol. The van der Waals surface area contributed by atoms with Crippen molar-refractivity contribution < 1.29 is 14.3 Å². The number of hydrogen-bond donors (Lipinski definition) is 0. The molecule has 1 amide bonds. The largest absolute Gasteiger partial charge is 0.495 e. The summed E-state index contributed by atoms with van der Waals surface area (Å²) in [5, 5.41) is 0. The van der Waals surface area contributed by atoms with E-state index < -0.39 is 0 Å². The van der Waals surface area contributed by atoms with Crippen molar-refractivity contribution in [3.05, 3.63) is 57.6 Å². The second-order valence-electron chi connectivity index (χ2n) is 5.28. The Hall–Kier alpha value is -2.01. The topological polar surface area (TPSA) is 38.8 Å². The lowest BCUT2D eigenvalue weighted by Crippen LogP contribution is -2.26. The summed E-state index contributed by atoms with van der Waals surface area (Å²) in [6, 6.07) is 11.5. The minimum atomic E-state index is -0.0858. The summed E-state index contributed by atoms with van der Waals surface area (Å²) >= 11 is 3.41. The number of rotatable bonds is 5. The molecule has 0 N–H and O–H groups in total. The van der Waals surface area contributed by atoms with Gasteiger partial charge in [0.05, 0.1) is 14.2 Å². The van der Waals surface area contributed by atoms with Crippen LogP contribution in [0, 0.1) is 6.92 Å². The Labute approximate surface area is 145 Å². The van der Waals surface area contributed by atoms with E-state index in [-0.39, 0.29) is 5.91 Å². The average molecular weight is 378 g/mol. The van der Waals surface area contributed by atoms with Crippen molar-refractivity contribution in [2.45, 2.75) is 13.5 Å². The average Bonchev–Trinajstić information content (AvgIpc) is 2.56. The smallest absolute Gasteiger partial charge is 0.254 e. The first-order valence-electron chi connectivity index (χ1n) is 7.19. The Bertz CT molecular complexity index is 690. The Morgan fingerprint density at radius 3 is 2.22 bits per heavy atom. The number of nitrogens with zero attached hydrogens (tertiary/aromatic N) is 1. The van der Waals surface area contributed by atoms with Crippen molar-refractivity contribution in [3.8, 4) is 11.5 Å². The molecule has 0 spiro atoms. The van der Waals surface area contributed by atoms with Crippen LogP contribution in [-0.2, 0) is 6.54 Å². The normalized spacial score (nSPS) is 10.3. The second-order valence-corrected chi connectivity index (χ2v) is 6.08. The highest BCUT2D eigenvalue weighted by atomic mass is 79.9. The van der Waals surface area contributed by atoms with Gasteiger partial charge in [0.2, 0.25) is 0 Å². The van der Waals surface area contributed by atoms with Crippen molar-refractivity contribution in [2.24, 2.45) is 0 Å². The summed E-state index contributed by atoms with van der Waals surface area (Å²) in [5.74, 6) is 1.05. The van der Waals surface area contributed by atoms with E-state index >= 15 is 0 Å². The predicted octanol–water partition coefficient (Wildman–Crippen LogP) is 4.05. The lowest BCUT2D eigenvalue weighted by molar-refractivity contribution is 0.0784. The van der Waals surface area contributed by atoms with Crippen molar-refractivity contribution in [1.29, 1.82) is 0 Å². The highest BCUT2D eigenvalue weighted by Gasteiger charge is 2.18. The molecule has 0 aliphatic rings. The number of halogens is 1. The fraction of sp³-hybridized carbons (Fsp3) is 0.278. The highest BCUT2D eigenvalue weighted by molar-refractivity contribution is 9.10. The number of methoxy groups -OCH3 is 2. The Balaban J connectivity index is 2.27. The molecule has 2 aromatic rings. The van der Waals surface area contributed by atoms with Crippen LogP contribution in [0.3, 0.4) is 0 Å². The van der Waals surface area contributed by atoms with E-state index in [0.717, 1.165) is 11.1 Å². The first-order chi connectivity index (χ1) is 11.0. The molecule has 23 heavy (non-hydrogen) atoms. The first kappa shape index (κ1) is 17.3. The molecule has 0 unspecified atom stereocenters. The van der Waals surface area contributed by atoms with Gasteiger partial charge in [-0.25, -0.2) is 0 Å². The summed E-state index contributed by atoms with van der Waals surface area (Å²) < 4.78 is 11.3. The standard InChI is InChI=1S/C18H20BrNO3/c1-12-7-5-6-8-13(12)11-20(2)18(21)14-9-15(22-3)17(19)16(10-14)23-4/h5-10H,11H2,1-4H3. The molecule has 0 fully saturated rings. The summed E-state index contributed by atoms with van der Waals surface area (Å²) in [4.78, 5) is 14.4. The van der Waals surface area contributed by atoms with Crippen LogP contribution in [-0.4, -0.2) is 32.1 Å². The number of carbonyl (C=O) groups excluding carboxylic acids is 1. The number of ether oxygens (including phenoxy) is 2. The Morgan fingerprint density at radius 1 is 1.13 bits per heavy atom. The number of carbonyl (C=O) groups is 1. The van der Waals surface area contributed by atoms with Gasteiger partial charge in [0, 0.05) is 19.2 Å². The molecule has 0 saturated heterocycles. The van der Waals surface area contributed by atoms with Gasteiger partial charge in [0.1, 0.15) is 16.0 Å². The van der Waals surface area contributed by atoms with Crippen molar-refractivity contribution >= 4 is 21.8 Å². The molecule has 0 aromatic heterocycles. The Kier molecular flexibility index (Phi) is 5.66. The fourth-order valence-electron chi connectivity index (χ4n) is 2.33. The SMILES string of the molecule is COc1cc(C(=O)N(C)Cc2ccccc2C)cc(OC)c1Br. The maximum Gasteiger partial charge on any atom is 0.254 e. The molecular weight excluding hydrogens is 358 g/mol. The van der Waals surface area contributed by atoms with Gasteiger partial charge in [0.25, 0.3) is 5.91 Å². The molecule has 2 aromatic carbocycles. The fourth-order valence-corrected chi connectivity index (χ4v) is 2.88. The lowest BCUT2D eigenvalue weighted by Gasteiger charge is -2.20. The molecule has 0 heterocycles. The van der Waals surface area contributed by atoms with Gasteiger partial charge in [-0.3, -0.25) is 4.79 Å². The molecule has 0 aliphatic heterocycles. The van der Waals surface area contributed by atoms with E-state index in [9.17, 15) is 4.79 Å². The Morgan fingerprint density at radius 2 is 1.70 bits per heavy atom. The number of amides is 1. The number of aryl methyl sites for hydroxylation is 1. The highest BCUT2D eigenvalue weighted by Crippen LogP contribution is 2.36. The van der Waals surface area contributed by atoms with Gasteiger partial charge in [-0.1, -0.05) is 24.3 Å². The molecule has 5 heteroatoms. The van der Waals surface area contributed by atoms with Crippen LogP contribution in [0.4, 0.5) is 0 Å². The van der Waals surface area contributed by atoms with Gasteiger partial charge in [0.15, 0.2) is 0 Å². The van der Waals surface area contributed by atoms with Crippen LogP contribution in [0.5, 0.6) is 11.5 Å². The summed E-state index contributed by atoms with van der Waals surface area (Å²) in [6.07, 6.45) is 0. The predicted molar refractivity (Wildman–Crippen MR) is 94.2 cm³/mol. The zero-order valence-electron chi connectivity index (χ0n) is 13.7. The van der Waals surface area contributed by atoms with Crippen molar-refractivity contribution in [2.75, 3.05) is 21.3 Å². The van der Waals surface area contributed by atoms with Gasteiger partial charge in [-0.05, 0) is 46.1 Å². The van der Waals surface area contributed by atoms with E-state index in [1.54, 1.807) is 38.3 Å². The van der Waals surface area contributed by atoms with E-state index in [2.05, 4.69) is 15.9 Å². The van der Waals surface area contributed by atoms with Crippen LogP contribution in [0.1, 0.15) is 21.5 Å². The molecule has 0 aliphatic carbocycles. The van der Waals surface area contributed by atoms with Gasteiger partial charge in [-0.2, -0.15) is 0 Å². The zero-order chi connectivity index (χ0) is 17.0.